The molecule has 6 nitrogen and oxygen atoms in total. The van der Waals surface area contributed by atoms with Gasteiger partial charge in [0.15, 0.2) is 0 Å². The molecule has 25 heavy (non-hydrogen) atoms. The highest BCUT2D eigenvalue weighted by atomic mass is 19.1. The molecule has 1 aliphatic rings. The third-order valence-corrected chi connectivity index (χ3v) is 4.27. The van der Waals surface area contributed by atoms with E-state index in [1.54, 1.807) is 21.9 Å². The lowest BCUT2D eigenvalue weighted by Gasteiger charge is -2.34. The second-order valence-corrected chi connectivity index (χ2v) is 6.12. The topological polar surface area (TPSA) is 69.7 Å². The number of halogens is 1. The average molecular weight is 349 g/mol. The Morgan fingerprint density at radius 3 is 2.40 bits per heavy atom. The Morgan fingerprint density at radius 1 is 1.08 bits per heavy atom. The molecule has 1 aromatic rings. The summed E-state index contributed by atoms with van der Waals surface area (Å²) in [5.41, 5.74) is 0.819. The molecule has 1 N–H and O–H groups in total. The van der Waals surface area contributed by atoms with E-state index in [0.717, 1.165) is 5.56 Å². The maximum atomic E-state index is 13.1. The Kier molecular flexibility index (Phi) is 6.91. The van der Waals surface area contributed by atoms with Gasteiger partial charge in [0.2, 0.25) is 17.7 Å². The molecule has 0 aliphatic carbocycles. The maximum absolute atomic E-state index is 13.1. The van der Waals surface area contributed by atoms with E-state index in [1.165, 1.54) is 19.1 Å². The van der Waals surface area contributed by atoms with Crippen molar-refractivity contribution in [1.82, 2.24) is 15.1 Å². The number of carbonyl (C=O) groups is 3. The monoisotopic (exact) mass is 349 g/mol. The van der Waals surface area contributed by atoms with Gasteiger partial charge >= 0.3 is 0 Å². The van der Waals surface area contributed by atoms with Crippen LogP contribution in [0.25, 0.3) is 0 Å². The molecule has 1 aromatic carbocycles. The normalized spacial score (nSPS) is 14.3. The van der Waals surface area contributed by atoms with Crippen molar-refractivity contribution in [2.24, 2.45) is 0 Å². The summed E-state index contributed by atoms with van der Waals surface area (Å²) in [7, 11) is 0. The first-order valence-electron chi connectivity index (χ1n) is 8.50. The van der Waals surface area contributed by atoms with Crippen molar-refractivity contribution in [3.63, 3.8) is 0 Å². The number of piperazine rings is 1. The van der Waals surface area contributed by atoms with Gasteiger partial charge < -0.3 is 15.1 Å². The van der Waals surface area contributed by atoms with Gasteiger partial charge in [-0.2, -0.15) is 0 Å². The molecule has 0 saturated carbocycles. The number of nitrogens with zero attached hydrogens (tertiary/aromatic N) is 2. The molecule has 3 amide bonds. The number of benzene rings is 1. The van der Waals surface area contributed by atoms with Crippen LogP contribution >= 0.6 is 0 Å². The summed E-state index contributed by atoms with van der Waals surface area (Å²) >= 11 is 0. The number of hydrogen-bond donors (Lipinski definition) is 1. The highest BCUT2D eigenvalue weighted by Crippen LogP contribution is 2.06. The van der Waals surface area contributed by atoms with Gasteiger partial charge in [-0.05, 0) is 24.1 Å². The molecule has 0 spiro atoms. The molecule has 0 aromatic heterocycles. The Morgan fingerprint density at radius 2 is 1.76 bits per heavy atom. The minimum absolute atomic E-state index is 0.0183. The third kappa shape index (κ3) is 6.17. The summed E-state index contributed by atoms with van der Waals surface area (Å²) in [4.78, 5) is 38.6. The number of hydrogen-bond acceptors (Lipinski definition) is 3. The standard InChI is InChI=1S/C18H24FN3O3/c1-14(23)21-9-11-22(12-10-21)18(25)6-5-17(24)20-8-7-15-3-2-4-16(19)13-15/h2-4,13H,5-12H2,1H3,(H,20,24). The minimum Gasteiger partial charge on any atom is -0.356 e. The highest BCUT2D eigenvalue weighted by Gasteiger charge is 2.22. The van der Waals surface area contributed by atoms with Crippen molar-refractivity contribution in [3.8, 4) is 0 Å². The second-order valence-electron chi connectivity index (χ2n) is 6.12. The van der Waals surface area contributed by atoms with E-state index < -0.39 is 0 Å². The van der Waals surface area contributed by atoms with Crippen LogP contribution in [0.3, 0.4) is 0 Å². The van der Waals surface area contributed by atoms with Crippen LogP contribution in [0.4, 0.5) is 4.39 Å². The minimum atomic E-state index is -0.292. The van der Waals surface area contributed by atoms with Crippen LogP contribution in [-0.4, -0.2) is 60.2 Å². The fraction of sp³-hybridized carbons (Fsp3) is 0.500. The zero-order chi connectivity index (χ0) is 18.2. The quantitative estimate of drug-likeness (QED) is 0.832. The molecule has 0 radical (unpaired) electrons. The molecule has 0 atom stereocenters. The summed E-state index contributed by atoms with van der Waals surface area (Å²) < 4.78 is 13.1. The van der Waals surface area contributed by atoms with Gasteiger partial charge in [0.05, 0.1) is 0 Å². The lowest BCUT2D eigenvalue weighted by atomic mass is 10.1. The van der Waals surface area contributed by atoms with E-state index in [1.807, 2.05) is 0 Å². The maximum Gasteiger partial charge on any atom is 0.223 e. The summed E-state index contributed by atoms with van der Waals surface area (Å²) in [6.45, 7) is 4.04. The van der Waals surface area contributed by atoms with Crippen LogP contribution in [0.15, 0.2) is 24.3 Å². The van der Waals surface area contributed by atoms with Gasteiger partial charge in [-0.15, -0.1) is 0 Å². The highest BCUT2D eigenvalue weighted by molar-refractivity contribution is 5.84. The summed E-state index contributed by atoms with van der Waals surface area (Å²) in [6.07, 6.45) is 0.839. The molecule has 1 aliphatic heterocycles. The second kappa shape index (κ2) is 9.15. The smallest absolute Gasteiger partial charge is 0.223 e. The number of rotatable bonds is 6. The van der Waals surface area contributed by atoms with E-state index in [4.69, 9.17) is 0 Å². The zero-order valence-electron chi connectivity index (χ0n) is 14.5. The first kappa shape index (κ1) is 18.9. The van der Waals surface area contributed by atoms with Gasteiger partial charge in [0.25, 0.3) is 0 Å². The average Bonchev–Trinajstić information content (AvgIpc) is 2.60. The predicted molar refractivity (Wildman–Crippen MR) is 91.2 cm³/mol. The van der Waals surface area contributed by atoms with Gasteiger partial charge in [0.1, 0.15) is 5.82 Å². The van der Waals surface area contributed by atoms with Gasteiger partial charge in [-0.3, -0.25) is 14.4 Å². The fourth-order valence-electron chi connectivity index (χ4n) is 2.78. The summed E-state index contributed by atoms with van der Waals surface area (Å²) in [5, 5.41) is 2.75. The first-order chi connectivity index (χ1) is 12.0. The van der Waals surface area contributed by atoms with Crippen LogP contribution < -0.4 is 5.32 Å². The van der Waals surface area contributed by atoms with Crippen LogP contribution in [-0.2, 0) is 20.8 Å². The van der Waals surface area contributed by atoms with E-state index in [-0.39, 0.29) is 36.4 Å². The van der Waals surface area contributed by atoms with Crippen LogP contribution in [0.2, 0.25) is 0 Å². The van der Waals surface area contributed by atoms with Crippen molar-refractivity contribution in [3.05, 3.63) is 35.6 Å². The molecule has 1 saturated heterocycles. The van der Waals surface area contributed by atoms with Crippen molar-refractivity contribution in [2.75, 3.05) is 32.7 Å². The van der Waals surface area contributed by atoms with E-state index >= 15 is 0 Å². The van der Waals surface area contributed by atoms with Crippen molar-refractivity contribution in [2.45, 2.75) is 26.2 Å². The summed E-state index contributed by atoms with van der Waals surface area (Å²) in [5.74, 6) is -0.528. The molecule has 1 fully saturated rings. The number of nitrogens with one attached hydrogen (secondary N) is 1. The SMILES string of the molecule is CC(=O)N1CCN(C(=O)CCC(=O)NCCc2cccc(F)c2)CC1. The molecular formula is C18H24FN3O3. The molecular weight excluding hydrogens is 325 g/mol. The Bertz CT molecular complexity index is 628. The molecule has 136 valence electrons. The van der Waals surface area contributed by atoms with E-state index in [2.05, 4.69) is 5.32 Å². The fourth-order valence-corrected chi connectivity index (χ4v) is 2.78. The first-order valence-corrected chi connectivity index (χ1v) is 8.50. The Labute approximate surface area is 147 Å². The Hall–Kier alpha value is -2.44. The molecule has 1 heterocycles. The molecule has 7 heteroatoms. The zero-order valence-corrected chi connectivity index (χ0v) is 14.5. The Balaban J connectivity index is 1.63. The van der Waals surface area contributed by atoms with Gasteiger partial charge in [0, 0.05) is 52.5 Å². The van der Waals surface area contributed by atoms with Crippen LogP contribution in [0, 0.1) is 5.82 Å². The largest absolute Gasteiger partial charge is 0.356 e. The van der Waals surface area contributed by atoms with Crippen molar-refractivity contribution >= 4 is 17.7 Å². The molecule has 0 unspecified atom stereocenters. The van der Waals surface area contributed by atoms with E-state index in [0.29, 0.717) is 39.1 Å². The number of carbonyl (C=O) groups excluding carboxylic acids is 3. The number of amides is 3. The molecule has 0 bridgehead atoms. The van der Waals surface area contributed by atoms with Crippen LogP contribution in [0.5, 0.6) is 0 Å². The predicted octanol–water partition coefficient (Wildman–Crippen LogP) is 0.955. The van der Waals surface area contributed by atoms with Crippen LogP contribution in [0.1, 0.15) is 25.3 Å². The lowest BCUT2D eigenvalue weighted by molar-refractivity contribution is -0.139. The van der Waals surface area contributed by atoms with Crippen molar-refractivity contribution < 1.29 is 18.8 Å². The van der Waals surface area contributed by atoms with Gasteiger partial charge in [-0.1, -0.05) is 12.1 Å². The third-order valence-electron chi connectivity index (χ3n) is 4.27. The lowest BCUT2D eigenvalue weighted by Crippen LogP contribution is -2.50. The van der Waals surface area contributed by atoms with Gasteiger partial charge in [-0.25, -0.2) is 4.39 Å². The van der Waals surface area contributed by atoms with Crippen molar-refractivity contribution in [1.29, 1.82) is 0 Å². The van der Waals surface area contributed by atoms with E-state index in [9.17, 15) is 18.8 Å². The molecule has 2 rings (SSSR count). The summed E-state index contributed by atoms with van der Waals surface area (Å²) in [6, 6.07) is 6.26.